The van der Waals surface area contributed by atoms with Crippen LogP contribution in [0.25, 0.3) is 0 Å². The van der Waals surface area contributed by atoms with Crippen molar-refractivity contribution in [1.82, 2.24) is 9.62 Å². The standard InChI is InChI=1S/C17H26N2O4S/c1-13-7-5-6-8-14(13)12-24(21,22)18-15-9-10-19(11-15)16(20)23-17(2,3)4/h5-8,15,18H,9-12H2,1-4H3/t15-/m0/s1. The fraction of sp³-hybridized carbons (Fsp3) is 0.588. The molecule has 2 rings (SSSR count). The molecule has 0 spiro atoms. The van der Waals surface area contributed by atoms with Crippen LogP contribution in [0.5, 0.6) is 0 Å². The first kappa shape index (κ1) is 18.7. The van der Waals surface area contributed by atoms with Crippen LogP contribution in [0.3, 0.4) is 0 Å². The number of benzene rings is 1. The molecule has 0 aromatic heterocycles. The number of carbonyl (C=O) groups is 1. The molecule has 1 fully saturated rings. The van der Waals surface area contributed by atoms with E-state index >= 15 is 0 Å². The molecule has 1 atom stereocenters. The maximum atomic E-state index is 12.4. The van der Waals surface area contributed by atoms with Crippen LogP contribution in [0.2, 0.25) is 0 Å². The number of amides is 1. The highest BCUT2D eigenvalue weighted by molar-refractivity contribution is 7.88. The highest BCUT2D eigenvalue weighted by atomic mass is 32.2. The lowest BCUT2D eigenvalue weighted by atomic mass is 10.1. The Morgan fingerprint density at radius 1 is 1.33 bits per heavy atom. The molecule has 1 aliphatic heterocycles. The first-order chi connectivity index (χ1) is 11.1. The van der Waals surface area contributed by atoms with Gasteiger partial charge in [-0.1, -0.05) is 24.3 Å². The topological polar surface area (TPSA) is 75.7 Å². The van der Waals surface area contributed by atoms with Gasteiger partial charge in [0.25, 0.3) is 0 Å². The Labute approximate surface area is 144 Å². The van der Waals surface area contributed by atoms with Gasteiger partial charge in [-0.05, 0) is 45.2 Å². The van der Waals surface area contributed by atoms with Crippen LogP contribution in [0.15, 0.2) is 24.3 Å². The van der Waals surface area contributed by atoms with Gasteiger partial charge in [0.2, 0.25) is 10.0 Å². The summed E-state index contributed by atoms with van der Waals surface area (Å²) >= 11 is 0. The number of likely N-dealkylation sites (tertiary alicyclic amines) is 1. The summed E-state index contributed by atoms with van der Waals surface area (Å²) in [7, 11) is -3.45. The average Bonchev–Trinajstić information content (AvgIpc) is 2.87. The molecule has 6 nitrogen and oxygen atoms in total. The van der Waals surface area contributed by atoms with Crippen LogP contribution in [0, 0.1) is 6.92 Å². The average molecular weight is 354 g/mol. The Balaban J connectivity index is 1.92. The summed E-state index contributed by atoms with van der Waals surface area (Å²) < 4.78 is 32.8. The van der Waals surface area contributed by atoms with E-state index in [0.717, 1.165) is 11.1 Å². The SMILES string of the molecule is Cc1ccccc1CS(=O)(=O)N[C@H]1CCN(C(=O)OC(C)(C)C)C1. The predicted molar refractivity (Wildman–Crippen MR) is 93.2 cm³/mol. The zero-order valence-electron chi connectivity index (χ0n) is 14.7. The van der Waals surface area contributed by atoms with E-state index in [1.807, 2.05) is 52.0 Å². The summed E-state index contributed by atoms with van der Waals surface area (Å²) in [6.07, 6.45) is 0.190. The number of carbonyl (C=O) groups excluding carboxylic acids is 1. The molecule has 1 heterocycles. The van der Waals surface area contributed by atoms with Gasteiger partial charge in [0.1, 0.15) is 5.60 Å². The minimum absolute atomic E-state index is 0.0530. The van der Waals surface area contributed by atoms with Crippen molar-refractivity contribution in [2.45, 2.75) is 51.5 Å². The molecule has 0 radical (unpaired) electrons. The number of hydrogen-bond acceptors (Lipinski definition) is 4. The molecular weight excluding hydrogens is 328 g/mol. The first-order valence-corrected chi connectivity index (χ1v) is 9.73. The van der Waals surface area contributed by atoms with Crippen molar-refractivity contribution >= 4 is 16.1 Å². The summed E-state index contributed by atoms with van der Waals surface area (Å²) in [6, 6.07) is 7.15. The summed E-state index contributed by atoms with van der Waals surface area (Å²) in [6.45, 7) is 8.15. The molecule has 0 bridgehead atoms. The predicted octanol–water partition coefficient (Wildman–Crippen LogP) is 2.42. The van der Waals surface area contributed by atoms with E-state index in [4.69, 9.17) is 4.74 Å². The number of nitrogens with one attached hydrogen (secondary N) is 1. The minimum Gasteiger partial charge on any atom is -0.444 e. The van der Waals surface area contributed by atoms with Crippen LogP contribution >= 0.6 is 0 Å². The summed E-state index contributed by atoms with van der Waals surface area (Å²) in [5, 5.41) is 0. The Kier molecular flexibility index (Phi) is 5.55. The van der Waals surface area contributed by atoms with E-state index in [1.165, 1.54) is 0 Å². The zero-order chi connectivity index (χ0) is 18.0. The van der Waals surface area contributed by atoms with E-state index < -0.39 is 21.7 Å². The van der Waals surface area contributed by atoms with Crippen molar-refractivity contribution in [3.8, 4) is 0 Å². The molecule has 1 saturated heterocycles. The van der Waals surface area contributed by atoms with E-state index in [1.54, 1.807) is 4.90 Å². The van der Waals surface area contributed by atoms with Crippen molar-refractivity contribution < 1.29 is 17.9 Å². The zero-order valence-corrected chi connectivity index (χ0v) is 15.5. The monoisotopic (exact) mass is 354 g/mol. The lowest BCUT2D eigenvalue weighted by Gasteiger charge is -2.24. The molecule has 24 heavy (non-hydrogen) atoms. The lowest BCUT2D eigenvalue weighted by Crippen LogP contribution is -2.40. The molecule has 134 valence electrons. The number of hydrogen-bond donors (Lipinski definition) is 1. The highest BCUT2D eigenvalue weighted by Crippen LogP contribution is 2.17. The van der Waals surface area contributed by atoms with Gasteiger partial charge in [-0.25, -0.2) is 17.9 Å². The van der Waals surface area contributed by atoms with Crippen LogP contribution in [-0.2, 0) is 20.5 Å². The Hall–Kier alpha value is -1.60. The van der Waals surface area contributed by atoms with Crippen molar-refractivity contribution in [1.29, 1.82) is 0 Å². The highest BCUT2D eigenvalue weighted by Gasteiger charge is 2.31. The minimum atomic E-state index is -3.45. The third-order valence-electron chi connectivity index (χ3n) is 3.79. The van der Waals surface area contributed by atoms with Gasteiger partial charge in [-0.3, -0.25) is 0 Å². The number of nitrogens with zero attached hydrogens (tertiary/aromatic N) is 1. The van der Waals surface area contributed by atoms with Crippen molar-refractivity contribution in [2.24, 2.45) is 0 Å². The van der Waals surface area contributed by atoms with E-state index in [-0.39, 0.29) is 11.8 Å². The van der Waals surface area contributed by atoms with Crippen molar-refractivity contribution in [3.05, 3.63) is 35.4 Å². The van der Waals surface area contributed by atoms with Crippen molar-refractivity contribution in [2.75, 3.05) is 13.1 Å². The van der Waals surface area contributed by atoms with Gasteiger partial charge in [0.15, 0.2) is 0 Å². The molecule has 0 unspecified atom stereocenters. The van der Waals surface area contributed by atoms with Gasteiger partial charge >= 0.3 is 6.09 Å². The molecule has 1 aromatic carbocycles. The summed E-state index contributed by atoms with van der Waals surface area (Å²) in [5.41, 5.74) is 1.18. The third-order valence-corrected chi connectivity index (χ3v) is 5.18. The van der Waals surface area contributed by atoms with E-state index in [0.29, 0.717) is 19.5 Å². The van der Waals surface area contributed by atoms with Crippen LogP contribution < -0.4 is 4.72 Å². The van der Waals surface area contributed by atoms with Gasteiger partial charge in [0, 0.05) is 19.1 Å². The largest absolute Gasteiger partial charge is 0.444 e. The lowest BCUT2D eigenvalue weighted by molar-refractivity contribution is 0.0292. The van der Waals surface area contributed by atoms with E-state index in [2.05, 4.69) is 4.72 Å². The molecule has 1 N–H and O–H groups in total. The molecule has 1 aromatic rings. The summed E-state index contributed by atoms with van der Waals surface area (Å²) in [5.74, 6) is -0.0530. The van der Waals surface area contributed by atoms with Gasteiger partial charge in [-0.2, -0.15) is 0 Å². The Morgan fingerprint density at radius 3 is 2.62 bits per heavy atom. The van der Waals surface area contributed by atoms with Crippen LogP contribution in [-0.4, -0.2) is 44.1 Å². The van der Waals surface area contributed by atoms with Crippen molar-refractivity contribution in [3.63, 3.8) is 0 Å². The smallest absolute Gasteiger partial charge is 0.410 e. The second-order valence-electron chi connectivity index (χ2n) is 7.22. The summed E-state index contributed by atoms with van der Waals surface area (Å²) in [4.78, 5) is 13.6. The molecule has 0 aliphatic carbocycles. The molecule has 0 saturated carbocycles. The molecule has 7 heteroatoms. The van der Waals surface area contributed by atoms with Gasteiger partial charge in [0.05, 0.1) is 5.75 Å². The fourth-order valence-electron chi connectivity index (χ4n) is 2.62. The van der Waals surface area contributed by atoms with Crippen LogP contribution in [0.4, 0.5) is 4.79 Å². The maximum Gasteiger partial charge on any atom is 0.410 e. The third kappa shape index (κ3) is 5.49. The number of aryl methyl sites for hydroxylation is 1. The second kappa shape index (κ2) is 7.11. The normalized spacial score (nSPS) is 18.7. The number of sulfonamides is 1. The number of rotatable bonds is 4. The van der Waals surface area contributed by atoms with Gasteiger partial charge < -0.3 is 9.64 Å². The molecule has 1 aliphatic rings. The first-order valence-electron chi connectivity index (χ1n) is 8.08. The Morgan fingerprint density at radius 2 is 2.00 bits per heavy atom. The molecular formula is C17H26N2O4S. The second-order valence-corrected chi connectivity index (χ2v) is 8.97. The Bertz CT molecular complexity index is 695. The quantitative estimate of drug-likeness (QED) is 0.901. The number of ether oxygens (including phenoxy) is 1. The molecule has 1 amide bonds. The maximum absolute atomic E-state index is 12.4. The fourth-order valence-corrected chi connectivity index (χ4v) is 4.14. The van der Waals surface area contributed by atoms with Gasteiger partial charge in [-0.15, -0.1) is 0 Å². The van der Waals surface area contributed by atoms with Crippen LogP contribution in [0.1, 0.15) is 38.3 Å². The van der Waals surface area contributed by atoms with E-state index in [9.17, 15) is 13.2 Å².